The van der Waals surface area contributed by atoms with Crippen molar-refractivity contribution in [2.75, 3.05) is 5.32 Å². The van der Waals surface area contributed by atoms with Gasteiger partial charge in [0.25, 0.3) is 0 Å². The molecule has 1 aliphatic rings. The van der Waals surface area contributed by atoms with Crippen LogP contribution < -0.4 is 5.32 Å². The minimum atomic E-state index is -3.90. The summed E-state index contributed by atoms with van der Waals surface area (Å²) in [6.45, 7) is 2.81. The number of nitrogens with zero attached hydrogens (tertiary/aromatic N) is 2. The summed E-state index contributed by atoms with van der Waals surface area (Å²) in [4.78, 5) is 13.0. The number of amides is 1. The standard InChI is InChI=1S/C20H26ClN3O3S/c1-20(2,28(26,27)16-11-9-15(21)10-12-16)19(25)22-18-13-17(23-24(18)3)14-7-5-4-6-8-14/h9-14H,4-8H2,1-3H3,(H,22,25). The molecule has 1 saturated carbocycles. The van der Waals surface area contributed by atoms with E-state index in [1.807, 2.05) is 6.07 Å². The van der Waals surface area contributed by atoms with Crippen molar-refractivity contribution >= 4 is 33.2 Å². The van der Waals surface area contributed by atoms with Crippen molar-refractivity contribution in [2.24, 2.45) is 7.05 Å². The molecule has 28 heavy (non-hydrogen) atoms. The molecule has 0 radical (unpaired) electrons. The van der Waals surface area contributed by atoms with Crippen LogP contribution in [0, 0.1) is 0 Å². The molecule has 0 bridgehead atoms. The lowest BCUT2D eigenvalue weighted by molar-refractivity contribution is -0.117. The quantitative estimate of drug-likeness (QED) is 0.776. The lowest BCUT2D eigenvalue weighted by Crippen LogP contribution is -2.44. The number of benzene rings is 1. The van der Waals surface area contributed by atoms with Crippen molar-refractivity contribution < 1.29 is 13.2 Å². The molecular formula is C20H26ClN3O3S. The fraction of sp³-hybridized carbons (Fsp3) is 0.500. The van der Waals surface area contributed by atoms with E-state index < -0.39 is 20.5 Å². The number of hydrogen-bond donors (Lipinski definition) is 1. The molecule has 6 nitrogen and oxygen atoms in total. The van der Waals surface area contributed by atoms with Gasteiger partial charge in [-0.1, -0.05) is 30.9 Å². The maximum atomic E-state index is 13.0. The molecule has 1 aromatic carbocycles. The van der Waals surface area contributed by atoms with Gasteiger partial charge >= 0.3 is 0 Å². The fourth-order valence-corrected chi connectivity index (χ4v) is 5.01. The van der Waals surface area contributed by atoms with E-state index in [-0.39, 0.29) is 4.90 Å². The average molecular weight is 424 g/mol. The Balaban J connectivity index is 1.81. The van der Waals surface area contributed by atoms with E-state index in [4.69, 9.17) is 11.6 Å². The molecule has 0 saturated heterocycles. The molecule has 0 unspecified atom stereocenters. The van der Waals surface area contributed by atoms with Crippen molar-refractivity contribution in [1.82, 2.24) is 9.78 Å². The van der Waals surface area contributed by atoms with Crippen LogP contribution in [0.2, 0.25) is 5.02 Å². The van der Waals surface area contributed by atoms with Crippen molar-refractivity contribution in [3.8, 4) is 0 Å². The number of carbonyl (C=O) groups is 1. The smallest absolute Gasteiger partial charge is 0.246 e. The first-order valence-corrected chi connectivity index (χ1v) is 11.3. The first kappa shape index (κ1) is 20.9. The maximum absolute atomic E-state index is 13.0. The van der Waals surface area contributed by atoms with Gasteiger partial charge in [-0.25, -0.2) is 8.42 Å². The van der Waals surface area contributed by atoms with Crippen molar-refractivity contribution in [2.45, 2.75) is 61.5 Å². The third kappa shape index (κ3) is 3.96. The second-order valence-corrected chi connectivity index (χ2v) is 10.8. The Morgan fingerprint density at radius 1 is 1.18 bits per heavy atom. The summed E-state index contributed by atoms with van der Waals surface area (Å²) < 4.78 is 26.0. The van der Waals surface area contributed by atoms with E-state index in [0.29, 0.717) is 16.8 Å². The van der Waals surface area contributed by atoms with Crippen molar-refractivity contribution in [3.63, 3.8) is 0 Å². The lowest BCUT2D eigenvalue weighted by Gasteiger charge is -2.23. The predicted octanol–water partition coefficient (Wildman–Crippen LogP) is 4.31. The van der Waals surface area contributed by atoms with Crippen LogP contribution in [0.25, 0.3) is 0 Å². The fourth-order valence-electron chi connectivity index (χ4n) is 3.50. The molecule has 2 aromatic rings. The zero-order valence-corrected chi connectivity index (χ0v) is 18.0. The van der Waals surface area contributed by atoms with Crippen molar-refractivity contribution in [3.05, 3.63) is 41.0 Å². The molecule has 0 atom stereocenters. The summed E-state index contributed by atoms with van der Waals surface area (Å²) in [6.07, 6.45) is 5.83. The molecule has 0 aliphatic heterocycles. The first-order chi connectivity index (χ1) is 13.1. The summed E-state index contributed by atoms with van der Waals surface area (Å²) in [7, 11) is -2.15. The molecule has 1 heterocycles. The van der Waals surface area contributed by atoms with E-state index in [1.54, 1.807) is 11.7 Å². The van der Waals surface area contributed by atoms with Crippen LogP contribution in [0.3, 0.4) is 0 Å². The van der Waals surface area contributed by atoms with Gasteiger partial charge in [-0.15, -0.1) is 0 Å². The molecule has 8 heteroatoms. The number of carbonyl (C=O) groups excluding carboxylic acids is 1. The number of halogens is 1. The number of sulfone groups is 1. The minimum Gasteiger partial charge on any atom is -0.310 e. The third-order valence-electron chi connectivity index (χ3n) is 5.51. The van der Waals surface area contributed by atoms with Gasteiger partial charge in [-0.3, -0.25) is 9.48 Å². The molecule has 3 rings (SSSR count). The van der Waals surface area contributed by atoms with Gasteiger partial charge in [-0.05, 0) is 51.0 Å². The molecule has 1 aliphatic carbocycles. The van der Waals surface area contributed by atoms with E-state index in [0.717, 1.165) is 18.5 Å². The van der Waals surface area contributed by atoms with Gasteiger partial charge in [0.05, 0.1) is 10.6 Å². The molecule has 1 aromatic heterocycles. The Labute approximate surface area is 171 Å². The number of aromatic nitrogens is 2. The van der Waals surface area contributed by atoms with Crippen LogP contribution in [-0.4, -0.2) is 28.9 Å². The van der Waals surface area contributed by atoms with Crippen molar-refractivity contribution in [1.29, 1.82) is 0 Å². The van der Waals surface area contributed by atoms with Gasteiger partial charge < -0.3 is 5.32 Å². The summed E-state index contributed by atoms with van der Waals surface area (Å²) in [6, 6.07) is 7.69. The van der Waals surface area contributed by atoms with Gasteiger partial charge in [-0.2, -0.15) is 5.10 Å². The summed E-state index contributed by atoms with van der Waals surface area (Å²) >= 11 is 5.85. The van der Waals surface area contributed by atoms with E-state index in [9.17, 15) is 13.2 Å². The SMILES string of the molecule is Cn1nc(C2CCCCC2)cc1NC(=O)C(C)(C)S(=O)(=O)c1ccc(Cl)cc1. The van der Waals surface area contributed by atoms with Crippen LogP contribution in [0.1, 0.15) is 57.6 Å². The lowest BCUT2D eigenvalue weighted by atomic mass is 9.87. The summed E-state index contributed by atoms with van der Waals surface area (Å²) in [5.74, 6) is 0.307. The largest absolute Gasteiger partial charge is 0.310 e. The Hall–Kier alpha value is -1.86. The zero-order chi connectivity index (χ0) is 20.5. The first-order valence-electron chi connectivity index (χ1n) is 9.48. The Morgan fingerprint density at radius 3 is 2.39 bits per heavy atom. The van der Waals surface area contributed by atoms with E-state index in [1.165, 1.54) is 57.4 Å². The topological polar surface area (TPSA) is 81.1 Å². The highest BCUT2D eigenvalue weighted by molar-refractivity contribution is 7.93. The average Bonchev–Trinajstić information content (AvgIpc) is 3.03. The Morgan fingerprint density at radius 2 is 1.79 bits per heavy atom. The zero-order valence-electron chi connectivity index (χ0n) is 16.4. The second kappa shape index (κ2) is 7.87. The van der Waals surface area contributed by atoms with Crippen LogP contribution in [0.15, 0.2) is 35.2 Å². The highest BCUT2D eigenvalue weighted by atomic mass is 35.5. The molecule has 1 N–H and O–H groups in total. The third-order valence-corrected chi connectivity index (χ3v) is 8.18. The summed E-state index contributed by atoms with van der Waals surface area (Å²) in [5, 5.41) is 7.73. The Bertz CT molecular complexity index is 959. The second-order valence-electron chi connectivity index (χ2n) is 7.83. The van der Waals surface area contributed by atoms with Gasteiger partial charge in [0.1, 0.15) is 10.6 Å². The molecular weight excluding hydrogens is 398 g/mol. The van der Waals surface area contributed by atoms with Crippen LogP contribution >= 0.6 is 11.6 Å². The number of aryl methyl sites for hydroxylation is 1. The number of nitrogens with one attached hydrogen (secondary N) is 1. The predicted molar refractivity (Wildman–Crippen MR) is 110 cm³/mol. The maximum Gasteiger partial charge on any atom is 0.246 e. The molecule has 152 valence electrons. The molecule has 1 amide bonds. The van der Waals surface area contributed by atoms with E-state index >= 15 is 0 Å². The molecule has 0 spiro atoms. The molecule has 1 fully saturated rings. The highest BCUT2D eigenvalue weighted by Crippen LogP contribution is 2.33. The normalized spacial score (nSPS) is 16.1. The van der Waals surface area contributed by atoms with Gasteiger partial charge in [0.15, 0.2) is 9.84 Å². The van der Waals surface area contributed by atoms with Gasteiger partial charge in [0.2, 0.25) is 5.91 Å². The van der Waals surface area contributed by atoms with E-state index in [2.05, 4.69) is 10.4 Å². The van der Waals surface area contributed by atoms with Crippen LogP contribution in [0.4, 0.5) is 5.82 Å². The van der Waals surface area contributed by atoms with Gasteiger partial charge in [0, 0.05) is 24.1 Å². The number of rotatable bonds is 5. The number of anilines is 1. The van der Waals surface area contributed by atoms with Crippen LogP contribution in [-0.2, 0) is 21.7 Å². The minimum absolute atomic E-state index is 0.0601. The number of hydrogen-bond acceptors (Lipinski definition) is 4. The Kier molecular flexibility index (Phi) is 5.87. The van der Waals surface area contributed by atoms with Crippen LogP contribution in [0.5, 0.6) is 0 Å². The highest BCUT2D eigenvalue weighted by Gasteiger charge is 2.43. The monoisotopic (exact) mass is 423 g/mol. The summed E-state index contributed by atoms with van der Waals surface area (Å²) in [5.41, 5.74) is 0.955.